The summed E-state index contributed by atoms with van der Waals surface area (Å²) in [5, 5.41) is 16.8. The van der Waals surface area contributed by atoms with Crippen molar-refractivity contribution in [2.24, 2.45) is 0 Å². The van der Waals surface area contributed by atoms with Crippen molar-refractivity contribution in [3.8, 4) is 0 Å². The van der Waals surface area contributed by atoms with E-state index in [-0.39, 0.29) is 18.6 Å². The van der Waals surface area contributed by atoms with Crippen LogP contribution in [0.15, 0.2) is 30.5 Å². The summed E-state index contributed by atoms with van der Waals surface area (Å²) in [5.41, 5.74) is 1.48. The van der Waals surface area contributed by atoms with Crippen LogP contribution in [0.25, 0.3) is 0 Å². The molecule has 1 fully saturated rings. The van der Waals surface area contributed by atoms with E-state index in [1.165, 1.54) is 17.5 Å². The van der Waals surface area contributed by atoms with Crippen molar-refractivity contribution in [2.45, 2.75) is 39.2 Å². The first-order valence-electron chi connectivity index (χ1n) is 10.5. The van der Waals surface area contributed by atoms with Gasteiger partial charge in [0.15, 0.2) is 5.13 Å². The molecule has 1 amide bonds. The topological polar surface area (TPSA) is 103 Å². The molecular weight excluding hydrogens is 448 g/mol. The number of anilines is 4. The zero-order valence-electron chi connectivity index (χ0n) is 17.9. The molecule has 0 aliphatic carbocycles. The van der Waals surface area contributed by atoms with Crippen molar-refractivity contribution in [3.63, 3.8) is 0 Å². The number of hydrogen-bond donors (Lipinski definition) is 3. The molecule has 1 aliphatic heterocycles. The van der Waals surface area contributed by atoms with Gasteiger partial charge in [-0.25, -0.2) is 15.0 Å². The first kappa shape index (κ1) is 22.4. The molecular formula is C22H25ClN6O2S. The lowest BCUT2D eigenvalue weighted by molar-refractivity contribution is 0.103. The van der Waals surface area contributed by atoms with E-state index in [4.69, 9.17) is 11.6 Å². The minimum atomic E-state index is -0.273. The Hall–Kier alpha value is -2.75. The Morgan fingerprint density at radius 3 is 2.94 bits per heavy atom. The average Bonchev–Trinajstić information content (AvgIpc) is 3.24. The van der Waals surface area contributed by atoms with Crippen molar-refractivity contribution in [2.75, 3.05) is 28.7 Å². The van der Waals surface area contributed by atoms with Crippen molar-refractivity contribution in [1.29, 1.82) is 0 Å². The molecule has 0 spiro atoms. The highest BCUT2D eigenvalue weighted by atomic mass is 35.5. The summed E-state index contributed by atoms with van der Waals surface area (Å²) < 4.78 is 0. The van der Waals surface area contributed by atoms with Gasteiger partial charge in [0.05, 0.1) is 29.6 Å². The molecule has 0 bridgehead atoms. The second-order valence-corrected chi connectivity index (χ2v) is 9.16. The van der Waals surface area contributed by atoms with E-state index in [0.29, 0.717) is 32.4 Å². The molecule has 32 heavy (non-hydrogen) atoms. The molecule has 1 atom stereocenters. The lowest BCUT2D eigenvalue weighted by atomic mass is 10.0. The van der Waals surface area contributed by atoms with Gasteiger partial charge >= 0.3 is 0 Å². The molecule has 4 rings (SSSR count). The third-order valence-corrected chi connectivity index (χ3v) is 6.61. The second kappa shape index (κ2) is 9.81. The summed E-state index contributed by atoms with van der Waals surface area (Å²) in [6, 6.07) is 7.39. The first-order chi connectivity index (χ1) is 15.4. The van der Waals surface area contributed by atoms with Crippen LogP contribution in [0.3, 0.4) is 0 Å². The fourth-order valence-corrected chi connectivity index (χ4v) is 4.75. The Balaban J connectivity index is 1.50. The Morgan fingerprint density at radius 2 is 2.16 bits per heavy atom. The van der Waals surface area contributed by atoms with Gasteiger partial charge in [-0.15, -0.1) is 0 Å². The number of aliphatic hydroxyl groups is 1. The van der Waals surface area contributed by atoms with E-state index in [0.717, 1.165) is 37.2 Å². The largest absolute Gasteiger partial charge is 0.394 e. The quantitative estimate of drug-likeness (QED) is 0.483. The van der Waals surface area contributed by atoms with Gasteiger partial charge in [0.1, 0.15) is 22.3 Å². The van der Waals surface area contributed by atoms with Crippen molar-refractivity contribution in [1.82, 2.24) is 15.0 Å². The van der Waals surface area contributed by atoms with Crippen LogP contribution in [0.1, 0.15) is 40.3 Å². The fraction of sp³-hybridized carbons (Fsp3) is 0.364. The molecule has 168 valence electrons. The highest BCUT2D eigenvalue weighted by Gasteiger charge is 2.24. The Morgan fingerprint density at radius 1 is 1.31 bits per heavy atom. The fourth-order valence-electron chi connectivity index (χ4n) is 3.77. The van der Waals surface area contributed by atoms with Gasteiger partial charge in [0.25, 0.3) is 5.91 Å². The van der Waals surface area contributed by atoms with Crippen LogP contribution in [0.5, 0.6) is 0 Å². The lowest BCUT2D eigenvalue weighted by Gasteiger charge is -2.35. The Bertz CT molecular complexity index is 1100. The van der Waals surface area contributed by atoms with Crippen molar-refractivity contribution >= 4 is 51.3 Å². The lowest BCUT2D eigenvalue weighted by Crippen LogP contribution is -2.42. The van der Waals surface area contributed by atoms with Crippen LogP contribution in [-0.4, -0.2) is 45.2 Å². The van der Waals surface area contributed by atoms with Gasteiger partial charge < -0.3 is 20.6 Å². The number of rotatable bonds is 6. The normalized spacial score (nSPS) is 16.1. The predicted molar refractivity (Wildman–Crippen MR) is 128 cm³/mol. The van der Waals surface area contributed by atoms with Crippen molar-refractivity contribution < 1.29 is 9.90 Å². The molecule has 8 nitrogen and oxygen atoms in total. The van der Waals surface area contributed by atoms with Gasteiger partial charge in [-0.1, -0.05) is 35.1 Å². The van der Waals surface area contributed by atoms with Crippen LogP contribution in [0.4, 0.5) is 22.5 Å². The second-order valence-electron chi connectivity index (χ2n) is 7.72. The molecule has 3 heterocycles. The van der Waals surface area contributed by atoms with Crippen LogP contribution in [0, 0.1) is 13.8 Å². The third-order valence-electron chi connectivity index (χ3n) is 5.38. The van der Waals surface area contributed by atoms with E-state index >= 15 is 0 Å². The van der Waals surface area contributed by atoms with Gasteiger partial charge in [0, 0.05) is 12.6 Å². The summed E-state index contributed by atoms with van der Waals surface area (Å²) in [4.78, 5) is 28.6. The smallest absolute Gasteiger partial charge is 0.267 e. The zero-order valence-corrected chi connectivity index (χ0v) is 19.5. The number of amides is 1. The number of halogens is 1. The Kier molecular flexibility index (Phi) is 6.88. The maximum absolute atomic E-state index is 12.7. The number of nitrogens with one attached hydrogen (secondary N) is 2. The molecule has 0 radical (unpaired) electrons. The van der Waals surface area contributed by atoms with Crippen molar-refractivity contribution in [3.05, 3.63) is 51.7 Å². The van der Waals surface area contributed by atoms with Gasteiger partial charge in [-0.3, -0.25) is 4.79 Å². The van der Waals surface area contributed by atoms with Crippen LogP contribution >= 0.6 is 22.9 Å². The van der Waals surface area contributed by atoms with E-state index in [1.807, 2.05) is 32.0 Å². The Labute approximate surface area is 195 Å². The maximum Gasteiger partial charge on any atom is 0.267 e. The highest BCUT2D eigenvalue weighted by molar-refractivity contribution is 7.17. The molecule has 10 heteroatoms. The molecule has 2 aromatic heterocycles. The number of aryl methyl sites for hydroxylation is 2. The van der Waals surface area contributed by atoms with Crippen LogP contribution < -0.4 is 15.5 Å². The highest BCUT2D eigenvalue weighted by Crippen LogP contribution is 2.29. The summed E-state index contributed by atoms with van der Waals surface area (Å²) in [6.45, 7) is 4.67. The summed E-state index contributed by atoms with van der Waals surface area (Å²) in [6.07, 6.45) is 4.64. The minimum Gasteiger partial charge on any atom is -0.394 e. The molecule has 1 saturated heterocycles. The molecule has 0 saturated carbocycles. The number of carbonyl (C=O) groups excluding carboxylic acids is 1. The maximum atomic E-state index is 12.7. The van der Waals surface area contributed by atoms with Gasteiger partial charge in [-0.2, -0.15) is 0 Å². The molecule has 1 unspecified atom stereocenters. The molecule has 1 aromatic carbocycles. The zero-order chi connectivity index (χ0) is 22.7. The third kappa shape index (κ3) is 5.01. The number of aliphatic hydroxyl groups excluding tert-OH is 1. The summed E-state index contributed by atoms with van der Waals surface area (Å²) in [7, 11) is 0. The number of para-hydroxylation sites is 1. The van der Waals surface area contributed by atoms with E-state index in [1.54, 1.807) is 6.07 Å². The number of hydrogen-bond acceptors (Lipinski definition) is 8. The monoisotopic (exact) mass is 472 g/mol. The predicted octanol–water partition coefficient (Wildman–Crippen LogP) is 4.55. The van der Waals surface area contributed by atoms with Gasteiger partial charge in [0.2, 0.25) is 0 Å². The van der Waals surface area contributed by atoms with E-state index in [2.05, 4.69) is 30.5 Å². The summed E-state index contributed by atoms with van der Waals surface area (Å²) >= 11 is 7.44. The standard InChI is InChI=1S/C22H25ClN6O2S/c1-13-6-5-8-16(23)20(13)28-21(31)17-11-24-22(32-17)27-18-10-19(26-14(2)25-18)29-9-4-3-7-15(29)12-30/h5-6,8,10-11,15,30H,3-4,7,9,12H2,1-2H3,(H,28,31)(H,24,25,26,27). The van der Waals surface area contributed by atoms with Crippen LogP contribution in [-0.2, 0) is 0 Å². The van der Waals surface area contributed by atoms with Gasteiger partial charge in [-0.05, 0) is 44.7 Å². The SMILES string of the molecule is Cc1nc(Nc2ncc(C(=O)Nc3c(C)cccc3Cl)s2)cc(N2CCCCC2CO)n1. The number of thiazole rings is 1. The van der Waals surface area contributed by atoms with E-state index < -0.39 is 0 Å². The number of carbonyl (C=O) groups is 1. The molecule has 1 aliphatic rings. The number of benzene rings is 1. The summed E-state index contributed by atoms with van der Waals surface area (Å²) in [5.74, 6) is 1.72. The first-order valence-corrected chi connectivity index (χ1v) is 11.7. The van der Waals surface area contributed by atoms with E-state index in [9.17, 15) is 9.90 Å². The molecule has 3 aromatic rings. The average molecular weight is 473 g/mol. The minimum absolute atomic E-state index is 0.0642. The number of nitrogens with zero attached hydrogens (tertiary/aromatic N) is 4. The molecule has 3 N–H and O–H groups in total. The van der Waals surface area contributed by atoms with Crippen LogP contribution in [0.2, 0.25) is 5.02 Å². The number of piperidine rings is 1. The number of aromatic nitrogens is 3.